The Hall–Kier alpha value is -2.53. The summed E-state index contributed by atoms with van der Waals surface area (Å²) in [5.74, 6) is -0.349. The van der Waals surface area contributed by atoms with Crippen molar-refractivity contribution in [3.8, 4) is 0 Å². The lowest BCUT2D eigenvalue weighted by molar-refractivity contribution is 0.0600. The van der Waals surface area contributed by atoms with Crippen LogP contribution in [0.3, 0.4) is 0 Å². The van der Waals surface area contributed by atoms with Crippen molar-refractivity contribution in [3.05, 3.63) is 52.0 Å². The molecule has 2 aromatic carbocycles. The molecule has 0 aliphatic heterocycles. The summed E-state index contributed by atoms with van der Waals surface area (Å²) >= 11 is 6.39. The van der Waals surface area contributed by atoms with E-state index in [1.165, 1.54) is 7.11 Å². The molecule has 0 saturated heterocycles. The molecule has 0 fully saturated rings. The monoisotopic (exact) mass is 373 g/mol. The van der Waals surface area contributed by atoms with Crippen molar-refractivity contribution in [1.82, 2.24) is 4.90 Å². The molecule has 0 atom stereocenters. The highest BCUT2D eigenvalue weighted by molar-refractivity contribution is 6.33. The van der Waals surface area contributed by atoms with Crippen molar-refractivity contribution in [3.63, 3.8) is 0 Å². The molecule has 0 spiro atoms. The second kappa shape index (κ2) is 8.72. The first-order valence-corrected chi connectivity index (χ1v) is 8.74. The number of nitrogens with one attached hydrogen (secondary N) is 1. The third-order valence-corrected chi connectivity index (χ3v) is 4.41. The predicted octanol–water partition coefficient (Wildman–Crippen LogP) is 5.10. The third kappa shape index (κ3) is 4.76. The molecule has 0 amide bonds. The van der Waals surface area contributed by atoms with E-state index in [0.717, 1.165) is 34.7 Å². The van der Waals surface area contributed by atoms with Gasteiger partial charge in [0.1, 0.15) is 0 Å². The molecule has 0 aliphatic rings. The van der Waals surface area contributed by atoms with E-state index in [4.69, 9.17) is 16.3 Å². The fourth-order valence-corrected chi connectivity index (χ4v) is 2.55. The minimum Gasteiger partial charge on any atom is -0.465 e. The van der Waals surface area contributed by atoms with E-state index < -0.39 is 0 Å². The van der Waals surface area contributed by atoms with Crippen LogP contribution in [0.1, 0.15) is 28.4 Å². The molecule has 0 saturated carbocycles. The third-order valence-electron chi connectivity index (χ3n) is 4.10. The van der Waals surface area contributed by atoms with Crippen LogP contribution in [0, 0.1) is 13.8 Å². The Morgan fingerprint density at radius 1 is 1.23 bits per heavy atom. The van der Waals surface area contributed by atoms with Crippen LogP contribution in [0.15, 0.2) is 35.3 Å². The molecule has 26 heavy (non-hydrogen) atoms. The van der Waals surface area contributed by atoms with Gasteiger partial charge in [-0.15, -0.1) is 0 Å². The van der Waals surface area contributed by atoms with Crippen LogP contribution in [0.5, 0.6) is 0 Å². The van der Waals surface area contributed by atoms with Crippen LogP contribution in [-0.4, -0.2) is 37.9 Å². The molecule has 2 aromatic rings. The number of rotatable bonds is 6. The molecule has 0 aromatic heterocycles. The van der Waals surface area contributed by atoms with Gasteiger partial charge in [-0.2, -0.15) is 0 Å². The number of nitrogens with zero attached hydrogens (tertiary/aromatic N) is 2. The summed E-state index contributed by atoms with van der Waals surface area (Å²) < 4.78 is 4.75. The highest BCUT2D eigenvalue weighted by Gasteiger charge is 2.10. The first kappa shape index (κ1) is 19.8. The van der Waals surface area contributed by atoms with Gasteiger partial charge in [0.05, 0.1) is 29.7 Å². The molecule has 0 unspecified atom stereocenters. The number of anilines is 2. The fourth-order valence-electron chi connectivity index (χ4n) is 2.34. The van der Waals surface area contributed by atoms with Crippen molar-refractivity contribution in [2.24, 2.45) is 4.99 Å². The highest BCUT2D eigenvalue weighted by Crippen LogP contribution is 2.33. The largest absolute Gasteiger partial charge is 0.465 e. The first-order chi connectivity index (χ1) is 12.3. The smallest absolute Gasteiger partial charge is 0.337 e. The lowest BCUT2D eigenvalue weighted by Crippen LogP contribution is -2.14. The molecule has 0 heterocycles. The van der Waals surface area contributed by atoms with Crippen LogP contribution in [0.2, 0.25) is 5.02 Å². The lowest BCUT2D eigenvalue weighted by atomic mass is 10.1. The average Bonchev–Trinajstić information content (AvgIpc) is 2.63. The van der Waals surface area contributed by atoms with E-state index in [9.17, 15) is 4.79 Å². The van der Waals surface area contributed by atoms with Crippen LogP contribution < -0.4 is 5.32 Å². The van der Waals surface area contributed by atoms with Crippen LogP contribution in [-0.2, 0) is 4.74 Å². The summed E-state index contributed by atoms with van der Waals surface area (Å²) in [4.78, 5) is 18.0. The van der Waals surface area contributed by atoms with Gasteiger partial charge in [-0.05, 0) is 62.2 Å². The molecule has 5 nitrogen and oxygen atoms in total. The predicted molar refractivity (Wildman–Crippen MR) is 108 cm³/mol. The average molecular weight is 374 g/mol. The van der Waals surface area contributed by atoms with E-state index in [1.54, 1.807) is 18.5 Å². The van der Waals surface area contributed by atoms with Gasteiger partial charge in [0.25, 0.3) is 0 Å². The van der Waals surface area contributed by atoms with Gasteiger partial charge in [-0.25, -0.2) is 9.79 Å². The number of ether oxygens (including phenoxy) is 1. The fraction of sp³-hybridized carbons (Fsp3) is 0.300. The number of hydrogen-bond acceptors (Lipinski definition) is 4. The van der Waals surface area contributed by atoms with Gasteiger partial charge in [0.15, 0.2) is 0 Å². The van der Waals surface area contributed by atoms with Crippen molar-refractivity contribution < 1.29 is 9.53 Å². The van der Waals surface area contributed by atoms with E-state index in [-0.39, 0.29) is 5.97 Å². The summed E-state index contributed by atoms with van der Waals surface area (Å²) in [6.07, 6.45) is 1.77. The minimum absolute atomic E-state index is 0.349. The number of halogens is 1. The van der Waals surface area contributed by atoms with Crippen molar-refractivity contribution in [1.29, 1.82) is 0 Å². The SMILES string of the molecule is CCN(C)/C=N/c1cc(C)c(Nc2ccc(C(=O)OC)cc2C)cc1Cl. The topological polar surface area (TPSA) is 53.9 Å². The highest BCUT2D eigenvalue weighted by atomic mass is 35.5. The van der Waals surface area contributed by atoms with Gasteiger partial charge >= 0.3 is 5.97 Å². The standard InChI is InChI=1S/C20H24ClN3O2/c1-6-24(4)12-22-19-10-14(3)18(11-16(19)21)23-17-8-7-15(9-13(17)2)20(25)26-5/h7-12,23H,6H2,1-5H3/b22-12+. The van der Waals surface area contributed by atoms with E-state index in [1.807, 2.05) is 44.0 Å². The molecule has 2 rings (SSSR count). The molecule has 0 radical (unpaired) electrons. The Bertz CT molecular complexity index is 834. The zero-order valence-corrected chi connectivity index (χ0v) is 16.5. The molecule has 1 N–H and O–H groups in total. The van der Waals surface area contributed by atoms with Gasteiger partial charge in [-0.3, -0.25) is 0 Å². The van der Waals surface area contributed by atoms with Gasteiger partial charge in [0.2, 0.25) is 0 Å². The van der Waals surface area contributed by atoms with Crippen molar-refractivity contribution in [2.45, 2.75) is 20.8 Å². The van der Waals surface area contributed by atoms with Gasteiger partial charge < -0.3 is 15.0 Å². The maximum absolute atomic E-state index is 11.6. The zero-order chi connectivity index (χ0) is 19.3. The molecule has 0 bridgehead atoms. The number of hydrogen-bond donors (Lipinski definition) is 1. The summed E-state index contributed by atoms with van der Waals surface area (Å²) in [7, 11) is 3.33. The summed E-state index contributed by atoms with van der Waals surface area (Å²) in [6.45, 7) is 6.87. The van der Waals surface area contributed by atoms with Gasteiger partial charge in [-0.1, -0.05) is 11.6 Å². The van der Waals surface area contributed by atoms with Crippen molar-refractivity contribution >= 4 is 41.0 Å². The van der Waals surface area contributed by atoms with Crippen LogP contribution >= 0.6 is 11.6 Å². The zero-order valence-electron chi connectivity index (χ0n) is 15.8. The molecule has 0 aliphatic carbocycles. The lowest BCUT2D eigenvalue weighted by Gasteiger charge is -2.15. The quantitative estimate of drug-likeness (QED) is 0.435. The maximum atomic E-state index is 11.6. The molecular formula is C20H24ClN3O2. The second-order valence-corrected chi connectivity index (χ2v) is 6.49. The molecular weight excluding hydrogens is 350 g/mol. The maximum Gasteiger partial charge on any atom is 0.337 e. The molecule has 138 valence electrons. The Balaban J connectivity index is 2.26. The molecule has 6 heteroatoms. The number of aliphatic imine (C=N–C) groups is 1. The number of methoxy groups -OCH3 is 1. The first-order valence-electron chi connectivity index (χ1n) is 8.36. The Morgan fingerprint density at radius 3 is 2.54 bits per heavy atom. The summed E-state index contributed by atoms with van der Waals surface area (Å²) in [6, 6.07) is 9.20. The van der Waals surface area contributed by atoms with Crippen LogP contribution in [0.25, 0.3) is 0 Å². The Morgan fingerprint density at radius 2 is 1.92 bits per heavy atom. The van der Waals surface area contributed by atoms with E-state index in [2.05, 4.69) is 17.2 Å². The number of benzene rings is 2. The minimum atomic E-state index is -0.349. The number of carbonyl (C=O) groups excluding carboxylic acids is 1. The number of carbonyl (C=O) groups is 1. The van der Waals surface area contributed by atoms with Crippen molar-refractivity contribution in [2.75, 3.05) is 26.0 Å². The summed E-state index contributed by atoms with van der Waals surface area (Å²) in [5, 5.41) is 3.94. The van der Waals surface area contributed by atoms with Crippen LogP contribution in [0.4, 0.5) is 17.1 Å². The van der Waals surface area contributed by atoms with Gasteiger partial charge in [0, 0.05) is 25.0 Å². The summed E-state index contributed by atoms with van der Waals surface area (Å²) in [5.41, 5.74) is 5.01. The van der Waals surface area contributed by atoms with E-state index >= 15 is 0 Å². The second-order valence-electron chi connectivity index (χ2n) is 6.08. The number of aryl methyl sites for hydroxylation is 2. The Labute approximate surface area is 159 Å². The Kier molecular flexibility index (Phi) is 6.64. The number of esters is 1. The van der Waals surface area contributed by atoms with E-state index in [0.29, 0.717) is 10.6 Å². The normalized spacial score (nSPS) is 10.8.